The lowest BCUT2D eigenvalue weighted by atomic mass is 9.71. The largest absolute Gasteiger partial charge is 0.347 e. The van der Waals surface area contributed by atoms with E-state index in [1.54, 1.807) is 18.2 Å². The molecule has 1 heterocycles. The standard InChI is InChI=1S/C20H19BrN4O2/c21-15-6-3-5-14(13-15)20(10-4-11-20)22-18(26)9-12-25-19(27)16-7-1-2-8-17(16)23-24-25/h1-3,5-8,13H,4,9-12H2,(H,22,26). The highest BCUT2D eigenvalue weighted by Crippen LogP contribution is 2.41. The molecule has 138 valence electrons. The molecule has 4 rings (SSSR count). The van der Waals surface area contributed by atoms with Crippen molar-refractivity contribution in [1.82, 2.24) is 20.3 Å². The van der Waals surface area contributed by atoms with Crippen molar-refractivity contribution < 1.29 is 4.79 Å². The third kappa shape index (κ3) is 3.51. The summed E-state index contributed by atoms with van der Waals surface area (Å²) in [5.41, 5.74) is 1.14. The number of hydrogen-bond donors (Lipinski definition) is 1. The van der Waals surface area contributed by atoms with E-state index in [1.807, 2.05) is 24.3 Å². The van der Waals surface area contributed by atoms with Crippen LogP contribution in [-0.2, 0) is 16.9 Å². The lowest BCUT2D eigenvalue weighted by Crippen LogP contribution is -2.51. The second kappa shape index (κ2) is 7.23. The van der Waals surface area contributed by atoms with E-state index >= 15 is 0 Å². The van der Waals surface area contributed by atoms with Crippen molar-refractivity contribution in [2.45, 2.75) is 37.8 Å². The highest BCUT2D eigenvalue weighted by molar-refractivity contribution is 9.10. The molecule has 1 aromatic heterocycles. The van der Waals surface area contributed by atoms with Gasteiger partial charge in [-0.25, -0.2) is 4.68 Å². The Balaban J connectivity index is 1.47. The summed E-state index contributed by atoms with van der Waals surface area (Å²) >= 11 is 3.50. The number of nitrogens with zero attached hydrogens (tertiary/aromatic N) is 3. The lowest BCUT2D eigenvalue weighted by molar-refractivity contribution is -0.124. The summed E-state index contributed by atoms with van der Waals surface area (Å²) in [6.07, 6.45) is 3.11. The SMILES string of the molecule is O=C(CCn1nnc2ccccc2c1=O)NC1(c2cccc(Br)c2)CCC1. The van der Waals surface area contributed by atoms with E-state index in [4.69, 9.17) is 0 Å². The van der Waals surface area contributed by atoms with Crippen LogP contribution in [0.25, 0.3) is 10.9 Å². The van der Waals surface area contributed by atoms with Gasteiger partial charge in [0.15, 0.2) is 0 Å². The average molecular weight is 427 g/mol. The van der Waals surface area contributed by atoms with Gasteiger partial charge in [-0.3, -0.25) is 9.59 Å². The average Bonchev–Trinajstić information content (AvgIpc) is 2.64. The van der Waals surface area contributed by atoms with Gasteiger partial charge in [-0.2, -0.15) is 0 Å². The topological polar surface area (TPSA) is 76.9 Å². The first-order valence-corrected chi connectivity index (χ1v) is 9.76. The molecule has 1 fully saturated rings. The minimum Gasteiger partial charge on any atom is -0.347 e. The van der Waals surface area contributed by atoms with E-state index in [1.165, 1.54) is 4.68 Å². The molecular weight excluding hydrogens is 408 g/mol. The van der Waals surface area contributed by atoms with Crippen molar-refractivity contribution in [3.63, 3.8) is 0 Å². The number of benzene rings is 2. The Labute approximate surface area is 164 Å². The maximum atomic E-state index is 12.6. The third-order valence-electron chi connectivity index (χ3n) is 5.14. The first-order chi connectivity index (χ1) is 13.1. The Morgan fingerprint density at radius 2 is 2.00 bits per heavy atom. The molecule has 1 amide bonds. The van der Waals surface area contributed by atoms with Gasteiger partial charge in [-0.15, -0.1) is 5.10 Å². The molecule has 1 saturated carbocycles. The zero-order valence-electron chi connectivity index (χ0n) is 14.7. The zero-order valence-corrected chi connectivity index (χ0v) is 16.3. The molecule has 0 radical (unpaired) electrons. The van der Waals surface area contributed by atoms with Crippen LogP contribution in [0.3, 0.4) is 0 Å². The van der Waals surface area contributed by atoms with Crippen LogP contribution in [0.1, 0.15) is 31.2 Å². The summed E-state index contributed by atoms with van der Waals surface area (Å²) in [7, 11) is 0. The first kappa shape index (κ1) is 17.9. The van der Waals surface area contributed by atoms with Crippen molar-refractivity contribution in [3.05, 3.63) is 68.9 Å². The van der Waals surface area contributed by atoms with Crippen molar-refractivity contribution in [3.8, 4) is 0 Å². The van der Waals surface area contributed by atoms with Crippen LogP contribution in [0.2, 0.25) is 0 Å². The van der Waals surface area contributed by atoms with Gasteiger partial charge in [0.2, 0.25) is 5.91 Å². The van der Waals surface area contributed by atoms with Gasteiger partial charge in [0, 0.05) is 10.9 Å². The Morgan fingerprint density at radius 3 is 2.74 bits per heavy atom. The number of nitrogens with one attached hydrogen (secondary N) is 1. The van der Waals surface area contributed by atoms with E-state index < -0.39 is 0 Å². The molecule has 0 bridgehead atoms. The number of aryl methyl sites for hydroxylation is 1. The second-order valence-electron chi connectivity index (χ2n) is 6.88. The minimum atomic E-state index is -0.305. The number of fused-ring (bicyclic) bond motifs is 1. The first-order valence-electron chi connectivity index (χ1n) is 8.97. The van der Waals surface area contributed by atoms with Crippen LogP contribution >= 0.6 is 15.9 Å². The number of hydrogen-bond acceptors (Lipinski definition) is 4. The molecule has 1 N–H and O–H groups in total. The van der Waals surface area contributed by atoms with Gasteiger partial charge < -0.3 is 5.32 Å². The summed E-state index contributed by atoms with van der Waals surface area (Å²) < 4.78 is 2.26. The van der Waals surface area contributed by atoms with Gasteiger partial charge in [0.05, 0.1) is 17.5 Å². The Kier molecular flexibility index (Phi) is 4.78. The highest BCUT2D eigenvalue weighted by atomic mass is 79.9. The molecule has 0 aliphatic heterocycles. The fourth-order valence-corrected chi connectivity index (χ4v) is 3.91. The van der Waals surface area contributed by atoms with Crippen molar-refractivity contribution >= 4 is 32.7 Å². The summed E-state index contributed by atoms with van der Waals surface area (Å²) in [5.74, 6) is -0.0865. The van der Waals surface area contributed by atoms with E-state index in [0.717, 1.165) is 29.3 Å². The zero-order chi connectivity index (χ0) is 18.9. The van der Waals surface area contributed by atoms with Gasteiger partial charge >= 0.3 is 0 Å². The second-order valence-corrected chi connectivity index (χ2v) is 7.79. The van der Waals surface area contributed by atoms with E-state index in [2.05, 4.69) is 37.6 Å². The van der Waals surface area contributed by atoms with Crippen LogP contribution < -0.4 is 10.9 Å². The normalized spacial score (nSPS) is 15.3. The molecule has 0 saturated heterocycles. The van der Waals surface area contributed by atoms with Gasteiger partial charge in [-0.05, 0) is 49.1 Å². The van der Waals surface area contributed by atoms with Gasteiger partial charge in [-0.1, -0.05) is 45.4 Å². The molecule has 1 aliphatic rings. The fourth-order valence-electron chi connectivity index (χ4n) is 3.51. The molecule has 27 heavy (non-hydrogen) atoms. The smallest absolute Gasteiger partial charge is 0.277 e. The van der Waals surface area contributed by atoms with Gasteiger partial charge in [0.1, 0.15) is 5.52 Å². The maximum absolute atomic E-state index is 12.6. The number of aromatic nitrogens is 3. The molecule has 0 atom stereocenters. The molecule has 7 heteroatoms. The van der Waals surface area contributed by atoms with Crippen LogP contribution in [-0.4, -0.2) is 20.9 Å². The fraction of sp³-hybridized carbons (Fsp3) is 0.300. The predicted molar refractivity (Wildman–Crippen MR) is 106 cm³/mol. The summed E-state index contributed by atoms with van der Waals surface area (Å²) in [4.78, 5) is 25.0. The van der Waals surface area contributed by atoms with Crippen molar-refractivity contribution in [1.29, 1.82) is 0 Å². The van der Waals surface area contributed by atoms with E-state index in [0.29, 0.717) is 10.9 Å². The lowest BCUT2D eigenvalue weighted by Gasteiger charge is -2.43. The predicted octanol–water partition coefficient (Wildman–Crippen LogP) is 3.14. The van der Waals surface area contributed by atoms with Crippen molar-refractivity contribution in [2.24, 2.45) is 0 Å². The van der Waals surface area contributed by atoms with E-state index in [-0.39, 0.29) is 30.0 Å². The third-order valence-corrected chi connectivity index (χ3v) is 5.64. The quantitative estimate of drug-likeness (QED) is 0.679. The van der Waals surface area contributed by atoms with Crippen LogP contribution in [0.15, 0.2) is 57.8 Å². The summed E-state index contributed by atoms with van der Waals surface area (Å²) in [6, 6.07) is 15.1. The molecule has 2 aromatic carbocycles. The highest BCUT2D eigenvalue weighted by Gasteiger charge is 2.39. The number of halogens is 1. The van der Waals surface area contributed by atoms with Crippen LogP contribution in [0, 0.1) is 0 Å². The molecule has 1 aliphatic carbocycles. The van der Waals surface area contributed by atoms with Crippen LogP contribution in [0.4, 0.5) is 0 Å². The number of carbonyl (C=O) groups excluding carboxylic acids is 1. The Hall–Kier alpha value is -2.54. The number of carbonyl (C=O) groups is 1. The van der Waals surface area contributed by atoms with E-state index in [9.17, 15) is 9.59 Å². The number of amides is 1. The minimum absolute atomic E-state index is 0.0865. The monoisotopic (exact) mass is 426 g/mol. The Morgan fingerprint density at radius 1 is 1.19 bits per heavy atom. The molecule has 6 nitrogen and oxygen atoms in total. The van der Waals surface area contributed by atoms with Crippen LogP contribution in [0.5, 0.6) is 0 Å². The molecular formula is C20H19BrN4O2. The summed E-state index contributed by atoms with van der Waals surface area (Å²) in [6.45, 7) is 0.205. The number of rotatable bonds is 5. The molecule has 0 unspecified atom stereocenters. The molecule has 3 aromatic rings. The Bertz CT molecular complexity index is 1060. The molecule has 0 spiro atoms. The van der Waals surface area contributed by atoms with Gasteiger partial charge in [0.25, 0.3) is 5.56 Å². The maximum Gasteiger partial charge on any atom is 0.277 e. The summed E-state index contributed by atoms with van der Waals surface area (Å²) in [5, 5.41) is 11.7. The van der Waals surface area contributed by atoms with Crippen molar-refractivity contribution in [2.75, 3.05) is 0 Å².